The Bertz CT molecular complexity index is 714. The zero-order valence-electron chi connectivity index (χ0n) is 22.5. The molecule has 0 N–H and O–H groups in total. The number of ether oxygens (including phenoxy) is 1. The summed E-state index contributed by atoms with van der Waals surface area (Å²) >= 11 is 0. The Hall–Kier alpha value is -1.18. The predicted molar refractivity (Wildman–Crippen MR) is 142 cm³/mol. The van der Waals surface area contributed by atoms with E-state index in [-0.39, 0.29) is 23.0 Å². The number of carbonyl (C=O) groups excluding carboxylic acids is 1. The van der Waals surface area contributed by atoms with Gasteiger partial charge in [0, 0.05) is 11.5 Å². The van der Waals surface area contributed by atoms with Crippen LogP contribution in [0.1, 0.15) is 55.4 Å². The summed E-state index contributed by atoms with van der Waals surface area (Å²) in [7, 11) is -3.21. The Morgan fingerprint density at radius 3 is 1.97 bits per heavy atom. The van der Waals surface area contributed by atoms with Gasteiger partial charge in [-0.1, -0.05) is 82.4 Å². The van der Waals surface area contributed by atoms with Crippen LogP contribution in [0.4, 0.5) is 0 Å². The highest BCUT2D eigenvalue weighted by Crippen LogP contribution is 2.38. The molecule has 0 radical (unpaired) electrons. The zero-order chi connectivity index (χ0) is 24.6. The van der Waals surface area contributed by atoms with E-state index in [0.29, 0.717) is 12.2 Å². The fourth-order valence-corrected chi connectivity index (χ4v) is 4.92. The van der Waals surface area contributed by atoms with E-state index < -0.39 is 16.4 Å². The van der Waals surface area contributed by atoms with Gasteiger partial charge in [-0.2, -0.15) is 0 Å². The van der Waals surface area contributed by atoms with Crippen LogP contribution < -0.4 is 0 Å². The van der Waals surface area contributed by atoms with Crippen molar-refractivity contribution in [3.8, 4) is 0 Å². The molecule has 0 fully saturated rings. The van der Waals surface area contributed by atoms with Crippen LogP contribution in [0.2, 0.25) is 37.8 Å². The van der Waals surface area contributed by atoms with E-state index >= 15 is 0 Å². The average molecular weight is 465 g/mol. The first-order valence-electron chi connectivity index (χ1n) is 11.5. The molecule has 0 aromatic rings. The summed E-state index contributed by atoms with van der Waals surface area (Å²) in [5.74, 6) is -0.00882. The lowest BCUT2D eigenvalue weighted by Gasteiger charge is -2.40. The minimum absolute atomic E-state index is 0.0630. The summed E-state index contributed by atoms with van der Waals surface area (Å²) in [6.45, 7) is 28.9. The molecule has 0 aliphatic carbocycles. The fourth-order valence-electron chi connectivity index (χ4n) is 2.83. The number of hydrogen-bond donors (Lipinski definition) is 0. The zero-order valence-corrected chi connectivity index (χ0v) is 24.5. The number of hydrogen-bond acceptors (Lipinski definition) is 3. The number of carbonyl (C=O) groups is 1. The molecule has 0 aromatic heterocycles. The molecule has 0 heterocycles. The van der Waals surface area contributed by atoms with Crippen LogP contribution in [0.3, 0.4) is 0 Å². The monoisotopic (exact) mass is 464 g/mol. The lowest BCUT2D eigenvalue weighted by molar-refractivity contribution is -0.138. The quantitative estimate of drug-likeness (QED) is 0.143. The van der Waals surface area contributed by atoms with Crippen LogP contribution in [-0.2, 0) is 14.0 Å². The van der Waals surface area contributed by atoms with Gasteiger partial charge >= 0.3 is 5.97 Å². The van der Waals surface area contributed by atoms with Crippen molar-refractivity contribution in [3.63, 3.8) is 0 Å². The van der Waals surface area contributed by atoms with E-state index in [9.17, 15) is 4.79 Å². The Kier molecular flexibility index (Phi) is 11.7. The molecule has 0 saturated heterocycles. The predicted octanol–water partition coefficient (Wildman–Crippen LogP) is 7.85. The Balaban J connectivity index is 5.76. The standard InChI is InChI=1S/C26H48O3Si2/c1-14-28-25(27)23(5)19-21(3)17-20(2)18-22(4)24(15-16-30(9,10)11)29-31(12,13)26(6,7)8/h15-19,22,24H,14H2,1-13H3/b16-15+,20-18+,21-17+,23-19+/t22-,24-/m1/s1. The Morgan fingerprint density at radius 1 is 0.968 bits per heavy atom. The van der Waals surface area contributed by atoms with Crippen molar-refractivity contribution in [1.29, 1.82) is 0 Å². The van der Waals surface area contributed by atoms with Gasteiger partial charge in [0.05, 0.1) is 20.8 Å². The summed E-state index contributed by atoms with van der Waals surface area (Å²) in [5.41, 5.74) is 5.22. The molecule has 0 rings (SSSR count). The van der Waals surface area contributed by atoms with E-state index in [0.717, 1.165) is 5.57 Å². The van der Waals surface area contributed by atoms with Gasteiger partial charge in [0.25, 0.3) is 0 Å². The first-order valence-corrected chi connectivity index (χ1v) is 18.0. The van der Waals surface area contributed by atoms with Gasteiger partial charge in [-0.3, -0.25) is 0 Å². The molecule has 0 saturated carbocycles. The van der Waals surface area contributed by atoms with Gasteiger partial charge in [-0.05, 0) is 51.9 Å². The van der Waals surface area contributed by atoms with Crippen LogP contribution in [0.25, 0.3) is 0 Å². The first-order chi connectivity index (χ1) is 13.9. The third-order valence-electron chi connectivity index (χ3n) is 5.56. The van der Waals surface area contributed by atoms with Crippen molar-refractivity contribution < 1.29 is 14.0 Å². The molecule has 0 aliphatic heterocycles. The van der Waals surface area contributed by atoms with Gasteiger partial charge in [0.2, 0.25) is 0 Å². The van der Waals surface area contributed by atoms with Crippen molar-refractivity contribution in [1.82, 2.24) is 0 Å². The highest BCUT2D eigenvalue weighted by molar-refractivity contribution is 6.81. The summed E-state index contributed by atoms with van der Waals surface area (Å²) in [5, 5.41) is 0.169. The highest BCUT2D eigenvalue weighted by Gasteiger charge is 2.39. The molecule has 0 aromatic carbocycles. The number of esters is 1. The second kappa shape index (κ2) is 12.2. The summed E-state index contributed by atoms with van der Waals surface area (Å²) in [6.07, 6.45) is 8.65. The SMILES string of the molecule is CCOC(=O)/C(C)=C/C(C)=C/C(C)=C/[C@@H](C)[C@@H](/C=C/[Si](C)(C)C)O[Si](C)(C)C(C)(C)C. The molecule has 0 unspecified atom stereocenters. The lowest BCUT2D eigenvalue weighted by Crippen LogP contribution is -2.45. The Morgan fingerprint density at radius 2 is 1.52 bits per heavy atom. The topological polar surface area (TPSA) is 35.5 Å². The molecule has 5 heteroatoms. The van der Waals surface area contributed by atoms with E-state index in [4.69, 9.17) is 9.16 Å². The largest absolute Gasteiger partial charge is 0.463 e. The van der Waals surface area contributed by atoms with Crippen molar-refractivity contribution >= 4 is 22.4 Å². The van der Waals surface area contributed by atoms with Gasteiger partial charge in [-0.15, -0.1) is 0 Å². The molecular weight excluding hydrogens is 416 g/mol. The van der Waals surface area contributed by atoms with Crippen molar-refractivity contribution in [2.75, 3.05) is 6.61 Å². The first kappa shape index (κ1) is 29.8. The summed E-state index contributed by atoms with van der Waals surface area (Å²) in [6, 6.07) is 0. The van der Waals surface area contributed by atoms with Crippen molar-refractivity contribution in [2.24, 2.45) is 5.92 Å². The molecule has 31 heavy (non-hydrogen) atoms. The molecule has 0 bridgehead atoms. The van der Waals surface area contributed by atoms with Gasteiger partial charge in [0.15, 0.2) is 8.32 Å². The van der Waals surface area contributed by atoms with E-state index in [1.807, 2.05) is 19.9 Å². The second-order valence-corrected chi connectivity index (χ2v) is 21.1. The van der Waals surface area contributed by atoms with E-state index in [2.05, 4.69) is 91.3 Å². The van der Waals surface area contributed by atoms with Crippen LogP contribution in [-0.4, -0.2) is 35.1 Å². The summed E-state index contributed by atoms with van der Waals surface area (Å²) in [4.78, 5) is 11.8. The maximum atomic E-state index is 11.8. The van der Waals surface area contributed by atoms with Gasteiger partial charge in [0.1, 0.15) is 0 Å². The Labute approximate surface area is 194 Å². The highest BCUT2D eigenvalue weighted by atomic mass is 28.4. The molecule has 178 valence electrons. The second-order valence-electron chi connectivity index (χ2n) is 11.3. The molecule has 2 atom stereocenters. The van der Waals surface area contributed by atoms with Crippen molar-refractivity contribution in [2.45, 2.75) is 99.3 Å². The minimum atomic E-state index is -1.89. The van der Waals surface area contributed by atoms with Crippen LogP contribution >= 0.6 is 0 Å². The fraction of sp³-hybridized carbons (Fsp3) is 0.654. The van der Waals surface area contributed by atoms with Crippen LogP contribution in [0.15, 0.2) is 46.7 Å². The van der Waals surface area contributed by atoms with Crippen LogP contribution in [0, 0.1) is 5.92 Å². The average Bonchev–Trinajstić information content (AvgIpc) is 2.56. The van der Waals surface area contributed by atoms with Crippen molar-refractivity contribution in [3.05, 3.63) is 46.7 Å². The molecule has 0 amide bonds. The molecule has 3 nitrogen and oxygen atoms in total. The summed E-state index contributed by atoms with van der Waals surface area (Å²) < 4.78 is 11.9. The maximum absolute atomic E-state index is 11.8. The lowest BCUT2D eigenvalue weighted by atomic mass is 10.0. The third-order valence-corrected chi connectivity index (χ3v) is 11.2. The minimum Gasteiger partial charge on any atom is -0.463 e. The van der Waals surface area contributed by atoms with Gasteiger partial charge in [-0.25, -0.2) is 4.79 Å². The number of rotatable bonds is 10. The number of allylic oxidation sites excluding steroid dienone is 4. The smallest absolute Gasteiger partial charge is 0.333 e. The molecular formula is C26H48O3Si2. The third kappa shape index (κ3) is 11.9. The molecule has 0 spiro atoms. The normalized spacial score (nSPS) is 17.1. The molecule has 0 aliphatic rings. The van der Waals surface area contributed by atoms with E-state index in [1.54, 1.807) is 6.92 Å². The maximum Gasteiger partial charge on any atom is 0.333 e. The van der Waals surface area contributed by atoms with Gasteiger partial charge < -0.3 is 9.16 Å². The van der Waals surface area contributed by atoms with Crippen LogP contribution in [0.5, 0.6) is 0 Å². The van der Waals surface area contributed by atoms with E-state index in [1.165, 1.54) is 5.57 Å².